The first-order valence-corrected chi connectivity index (χ1v) is 5.58. The van der Waals surface area contributed by atoms with E-state index in [1.807, 2.05) is 11.3 Å². The van der Waals surface area contributed by atoms with Crippen molar-refractivity contribution in [3.63, 3.8) is 0 Å². The Labute approximate surface area is 78.6 Å². The summed E-state index contributed by atoms with van der Waals surface area (Å²) in [6.45, 7) is 6.90. The van der Waals surface area contributed by atoms with Gasteiger partial charge in [0.15, 0.2) is 0 Å². The Balaban J connectivity index is 2.44. The molecule has 0 N–H and O–H groups in total. The van der Waals surface area contributed by atoms with Gasteiger partial charge in [-0.2, -0.15) is 0 Å². The van der Waals surface area contributed by atoms with Gasteiger partial charge in [-0.1, -0.05) is 6.92 Å². The lowest BCUT2D eigenvalue weighted by Crippen LogP contribution is -2.09. The molecule has 2 rings (SSSR count). The highest BCUT2D eigenvalue weighted by Gasteiger charge is 2.19. The predicted octanol–water partition coefficient (Wildman–Crippen LogP) is 3.49. The van der Waals surface area contributed by atoms with Crippen molar-refractivity contribution >= 4 is 11.3 Å². The van der Waals surface area contributed by atoms with Crippen LogP contribution >= 0.6 is 11.3 Å². The van der Waals surface area contributed by atoms with E-state index >= 15 is 0 Å². The minimum Gasteiger partial charge on any atom is -0.145 e. The molecule has 0 bridgehead atoms. The number of hydrogen-bond donors (Lipinski definition) is 0. The normalized spacial score (nSPS) is 22.4. The fourth-order valence-electron chi connectivity index (χ4n) is 2.04. The predicted molar refractivity (Wildman–Crippen MR) is 55.0 cm³/mol. The summed E-state index contributed by atoms with van der Waals surface area (Å²) in [7, 11) is 0. The van der Waals surface area contributed by atoms with Gasteiger partial charge < -0.3 is 0 Å². The van der Waals surface area contributed by atoms with Crippen LogP contribution in [0.5, 0.6) is 0 Å². The van der Waals surface area contributed by atoms with Gasteiger partial charge in [0.25, 0.3) is 0 Å². The second kappa shape index (κ2) is 2.88. The van der Waals surface area contributed by atoms with Gasteiger partial charge in [0.2, 0.25) is 0 Å². The molecule has 0 aromatic carbocycles. The van der Waals surface area contributed by atoms with Crippen molar-refractivity contribution in [2.75, 3.05) is 0 Å². The van der Waals surface area contributed by atoms with E-state index in [2.05, 4.69) is 20.8 Å². The quantitative estimate of drug-likeness (QED) is 0.573. The molecule has 0 fully saturated rings. The zero-order chi connectivity index (χ0) is 8.72. The van der Waals surface area contributed by atoms with Crippen LogP contribution < -0.4 is 0 Å². The first-order valence-electron chi connectivity index (χ1n) is 4.76. The molecule has 1 aliphatic carbocycles. The molecule has 66 valence electrons. The van der Waals surface area contributed by atoms with E-state index in [4.69, 9.17) is 0 Å². The molecule has 12 heavy (non-hydrogen) atoms. The molecule has 1 unspecified atom stereocenters. The van der Waals surface area contributed by atoms with Gasteiger partial charge in [-0.05, 0) is 50.2 Å². The summed E-state index contributed by atoms with van der Waals surface area (Å²) in [6, 6.07) is 0. The molecule has 0 saturated carbocycles. The van der Waals surface area contributed by atoms with Crippen LogP contribution in [0.3, 0.4) is 0 Å². The van der Waals surface area contributed by atoms with E-state index < -0.39 is 0 Å². The van der Waals surface area contributed by atoms with Gasteiger partial charge in [0, 0.05) is 9.75 Å². The smallest absolute Gasteiger partial charge is 0.00830 e. The van der Waals surface area contributed by atoms with E-state index in [1.165, 1.54) is 24.1 Å². The lowest BCUT2D eigenvalue weighted by molar-refractivity contribution is 0.505. The highest BCUT2D eigenvalue weighted by atomic mass is 32.1. The van der Waals surface area contributed by atoms with Crippen LogP contribution in [-0.2, 0) is 12.8 Å². The molecule has 1 aromatic heterocycles. The van der Waals surface area contributed by atoms with Crippen LogP contribution in [0.2, 0.25) is 0 Å². The number of rotatable bonds is 0. The largest absolute Gasteiger partial charge is 0.145 e. The van der Waals surface area contributed by atoms with Crippen molar-refractivity contribution in [2.24, 2.45) is 5.92 Å². The minimum absolute atomic E-state index is 0.908. The molecule has 0 radical (unpaired) electrons. The first-order chi connectivity index (χ1) is 5.68. The SMILES string of the molecule is Cc1sc2c(c1C)CC(C)CC2. The van der Waals surface area contributed by atoms with Gasteiger partial charge in [-0.25, -0.2) is 0 Å². The van der Waals surface area contributed by atoms with Crippen LogP contribution in [-0.4, -0.2) is 0 Å². The number of aryl methyl sites for hydroxylation is 2. The third kappa shape index (κ3) is 1.20. The average Bonchev–Trinajstić information content (AvgIpc) is 2.31. The Hall–Kier alpha value is -0.300. The second-order valence-electron chi connectivity index (χ2n) is 4.03. The summed E-state index contributed by atoms with van der Waals surface area (Å²) >= 11 is 2.02. The number of thiophene rings is 1. The summed E-state index contributed by atoms with van der Waals surface area (Å²) in [5.41, 5.74) is 3.25. The van der Waals surface area contributed by atoms with Crippen molar-refractivity contribution < 1.29 is 0 Å². The maximum absolute atomic E-state index is 2.37. The molecule has 0 amide bonds. The fourth-order valence-corrected chi connectivity index (χ4v) is 3.27. The molecule has 1 heterocycles. The average molecular weight is 180 g/mol. The number of hydrogen-bond acceptors (Lipinski definition) is 1. The Morgan fingerprint density at radius 2 is 2.08 bits per heavy atom. The highest BCUT2D eigenvalue weighted by molar-refractivity contribution is 7.12. The van der Waals surface area contributed by atoms with Gasteiger partial charge in [-0.3, -0.25) is 0 Å². The monoisotopic (exact) mass is 180 g/mol. The lowest BCUT2D eigenvalue weighted by atomic mass is 9.88. The molecule has 1 aliphatic rings. The molecule has 0 spiro atoms. The first kappa shape index (κ1) is 8.31. The third-order valence-corrected chi connectivity index (χ3v) is 4.32. The highest BCUT2D eigenvalue weighted by Crippen LogP contribution is 2.35. The van der Waals surface area contributed by atoms with Gasteiger partial charge in [0.05, 0.1) is 0 Å². The molecule has 0 saturated heterocycles. The van der Waals surface area contributed by atoms with Crippen LogP contribution in [0.4, 0.5) is 0 Å². The van der Waals surface area contributed by atoms with Crippen LogP contribution in [0.1, 0.15) is 34.2 Å². The molecule has 1 aromatic rings. The topological polar surface area (TPSA) is 0 Å². The maximum Gasteiger partial charge on any atom is 0.00830 e. The third-order valence-electron chi connectivity index (χ3n) is 3.01. The van der Waals surface area contributed by atoms with E-state index in [-0.39, 0.29) is 0 Å². The minimum atomic E-state index is 0.908. The number of fused-ring (bicyclic) bond motifs is 1. The van der Waals surface area contributed by atoms with Gasteiger partial charge in [-0.15, -0.1) is 11.3 Å². The zero-order valence-corrected chi connectivity index (χ0v) is 8.92. The van der Waals surface area contributed by atoms with Gasteiger partial charge in [0.1, 0.15) is 0 Å². The van der Waals surface area contributed by atoms with Crippen molar-refractivity contribution in [2.45, 2.75) is 40.0 Å². The molecular formula is C11H16S. The van der Waals surface area contributed by atoms with Crippen LogP contribution in [0.25, 0.3) is 0 Å². The summed E-state index contributed by atoms with van der Waals surface area (Å²) in [6.07, 6.45) is 4.05. The summed E-state index contributed by atoms with van der Waals surface area (Å²) < 4.78 is 0. The maximum atomic E-state index is 2.37. The summed E-state index contributed by atoms with van der Waals surface area (Å²) in [5, 5.41) is 0. The standard InChI is InChI=1S/C11H16S/c1-7-4-5-11-10(6-7)8(2)9(3)12-11/h7H,4-6H2,1-3H3. The van der Waals surface area contributed by atoms with Crippen molar-refractivity contribution in [1.82, 2.24) is 0 Å². The Morgan fingerprint density at radius 1 is 1.33 bits per heavy atom. The van der Waals surface area contributed by atoms with Crippen molar-refractivity contribution in [1.29, 1.82) is 0 Å². The van der Waals surface area contributed by atoms with Crippen molar-refractivity contribution in [3.05, 3.63) is 20.9 Å². The molecular weight excluding hydrogens is 164 g/mol. The Bertz CT molecular complexity index is 296. The summed E-state index contributed by atoms with van der Waals surface area (Å²) in [5.74, 6) is 0.908. The molecule has 1 atom stereocenters. The fraction of sp³-hybridized carbons (Fsp3) is 0.636. The Kier molecular flexibility index (Phi) is 1.99. The summed E-state index contributed by atoms with van der Waals surface area (Å²) in [4.78, 5) is 3.21. The second-order valence-corrected chi connectivity index (χ2v) is 5.34. The van der Waals surface area contributed by atoms with E-state index in [0.29, 0.717) is 0 Å². The molecule has 0 aliphatic heterocycles. The molecule has 1 heteroatoms. The lowest BCUT2D eigenvalue weighted by Gasteiger charge is -2.18. The van der Waals surface area contributed by atoms with Crippen molar-refractivity contribution in [3.8, 4) is 0 Å². The Morgan fingerprint density at radius 3 is 2.83 bits per heavy atom. The van der Waals surface area contributed by atoms with Crippen LogP contribution in [0, 0.1) is 19.8 Å². The van der Waals surface area contributed by atoms with Crippen LogP contribution in [0.15, 0.2) is 0 Å². The van der Waals surface area contributed by atoms with Gasteiger partial charge >= 0.3 is 0 Å². The van der Waals surface area contributed by atoms with E-state index in [0.717, 1.165) is 5.92 Å². The zero-order valence-electron chi connectivity index (χ0n) is 8.11. The van der Waals surface area contributed by atoms with E-state index in [9.17, 15) is 0 Å². The molecule has 0 nitrogen and oxygen atoms in total. The van der Waals surface area contributed by atoms with E-state index in [1.54, 1.807) is 16.0 Å².